The summed E-state index contributed by atoms with van der Waals surface area (Å²) in [5.41, 5.74) is 5.13. The number of nitrogens with zero attached hydrogens (tertiary/aromatic N) is 2. The smallest absolute Gasteiger partial charge is 0.0441 e. The maximum absolute atomic E-state index is 4.15. The first kappa shape index (κ1) is 13.6. The fourth-order valence-corrected chi connectivity index (χ4v) is 2.16. The summed E-state index contributed by atoms with van der Waals surface area (Å²) in [5.74, 6) is 0. The van der Waals surface area contributed by atoms with E-state index in [1.54, 1.807) is 6.20 Å². The van der Waals surface area contributed by atoms with Crippen molar-refractivity contribution in [3.8, 4) is 0 Å². The molecule has 0 aliphatic rings. The molecular formula is C16H21N3. The zero-order chi connectivity index (χ0) is 13.7. The quantitative estimate of drug-likeness (QED) is 0.890. The van der Waals surface area contributed by atoms with Crippen molar-refractivity contribution in [1.29, 1.82) is 0 Å². The molecule has 0 aliphatic heterocycles. The lowest BCUT2D eigenvalue weighted by Gasteiger charge is -2.20. The third-order valence-corrected chi connectivity index (χ3v) is 3.28. The molecule has 100 valence electrons. The van der Waals surface area contributed by atoms with Gasteiger partial charge < -0.3 is 10.2 Å². The molecule has 2 rings (SSSR count). The maximum Gasteiger partial charge on any atom is 0.0441 e. The second kappa shape index (κ2) is 6.34. The summed E-state index contributed by atoms with van der Waals surface area (Å²) in [5, 5.41) is 3.19. The highest BCUT2D eigenvalue weighted by atomic mass is 15.1. The zero-order valence-corrected chi connectivity index (χ0v) is 11.9. The lowest BCUT2D eigenvalue weighted by atomic mass is 10.1. The van der Waals surface area contributed by atoms with Crippen LogP contribution in [0.3, 0.4) is 0 Å². The fraction of sp³-hybridized carbons (Fsp3) is 0.312. The standard InChI is InChI=1S/C16H21N3/c1-13-9-16(7-6-15(13)11-17-2)19(3)12-14-5-4-8-18-10-14/h4-10,17H,11-12H2,1-3H3. The van der Waals surface area contributed by atoms with Crippen molar-refractivity contribution in [2.24, 2.45) is 0 Å². The summed E-state index contributed by atoms with van der Waals surface area (Å²) in [6.45, 7) is 3.95. The third kappa shape index (κ3) is 3.55. The highest BCUT2D eigenvalue weighted by Crippen LogP contribution is 2.19. The molecule has 1 aromatic carbocycles. The summed E-state index contributed by atoms with van der Waals surface area (Å²) >= 11 is 0. The van der Waals surface area contributed by atoms with Crippen LogP contribution in [0.15, 0.2) is 42.7 Å². The highest BCUT2D eigenvalue weighted by molar-refractivity contribution is 5.50. The molecule has 0 radical (unpaired) electrons. The maximum atomic E-state index is 4.15. The van der Waals surface area contributed by atoms with Crippen LogP contribution < -0.4 is 10.2 Å². The van der Waals surface area contributed by atoms with Gasteiger partial charge in [-0.1, -0.05) is 12.1 Å². The lowest BCUT2D eigenvalue weighted by molar-refractivity contribution is 0.811. The molecule has 19 heavy (non-hydrogen) atoms. The van der Waals surface area contributed by atoms with E-state index in [-0.39, 0.29) is 0 Å². The summed E-state index contributed by atoms with van der Waals surface area (Å²) < 4.78 is 0. The van der Waals surface area contributed by atoms with Gasteiger partial charge in [-0.25, -0.2) is 0 Å². The average molecular weight is 255 g/mol. The van der Waals surface area contributed by atoms with E-state index >= 15 is 0 Å². The Morgan fingerprint density at radius 2 is 2.11 bits per heavy atom. The zero-order valence-electron chi connectivity index (χ0n) is 11.9. The van der Waals surface area contributed by atoms with Crippen LogP contribution in [0.25, 0.3) is 0 Å². The first-order valence-electron chi connectivity index (χ1n) is 6.55. The highest BCUT2D eigenvalue weighted by Gasteiger charge is 2.04. The van der Waals surface area contributed by atoms with Crippen molar-refractivity contribution >= 4 is 5.69 Å². The topological polar surface area (TPSA) is 28.2 Å². The van der Waals surface area contributed by atoms with Crippen molar-refractivity contribution in [3.05, 3.63) is 59.4 Å². The number of anilines is 1. The number of aromatic nitrogens is 1. The van der Waals surface area contributed by atoms with Gasteiger partial charge in [-0.3, -0.25) is 4.98 Å². The molecule has 0 fully saturated rings. The second-order valence-electron chi connectivity index (χ2n) is 4.86. The van der Waals surface area contributed by atoms with E-state index in [0.29, 0.717) is 0 Å². The molecule has 1 aromatic heterocycles. The molecule has 0 saturated heterocycles. The number of aryl methyl sites for hydroxylation is 1. The number of rotatable bonds is 5. The van der Waals surface area contributed by atoms with Crippen molar-refractivity contribution < 1.29 is 0 Å². The molecule has 0 bridgehead atoms. The molecule has 0 atom stereocenters. The average Bonchev–Trinajstić information content (AvgIpc) is 2.42. The van der Waals surface area contributed by atoms with Gasteiger partial charge in [0.05, 0.1) is 0 Å². The van der Waals surface area contributed by atoms with Crippen LogP contribution in [0.1, 0.15) is 16.7 Å². The minimum absolute atomic E-state index is 0.874. The van der Waals surface area contributed by atoms with Crippen LogP contribution in [0.5, 0.6) is 0 Å². The van der Waals surface area contributed by atoms with Gasteiger partial charge in [0.2, 0.25) is 0 Å². The third-order valence-electron chi connectivity index (χ3n) is 3.28. The fourth-order valence-electron chi connectivity index (χ4n) is 2.16. The Morgan fingerprint density at radius 3 is 2.74 bits per heavy atom. The van der Waals surface area contributed by atoms with Crippen molar-refractivity contribution in [3.63, 3.8) is 0 Å². The predicted molar refractivity (Wildman–Crippen MR) is 80.3 cm³/mol. The molecule has 3 heteroatoms. The Morgan fingerprint density at radius 1 is 1.26 bits per heavy atom. The summed E-state index contributed by atoms with van der Waals surface area (Å²) in [6.07, 6.45) is 3.72. The van der Waals surface area contributed by atoms with E-state index in [1.807, 2.05) is 19.3 Å². The van der Waals surface area contributed by atoms with Gasteiger partial charge >= 0.3 is 0 Å². The van der Waals surface area contributed by atoms with E-state index < -0.39 is 0 Å². The monoisotopic (exact) mass is 255 g/mol. The van der Waals surface area contributed by atoms with Crippen LogP contribution in [-0.4, -0.2) is 19.1 Å². The van der Waals surface area contributed by atoms with E-state index in [4.69, 9.17) is 0 Å². The van der Waals surface area contributed by atoms with Crippen LogP contribution in [0.4, 0.5) is 5.69 Å². The van der Waals surface area contributed by atoms with E-state index in [9.17, 15) is 0 Å². The molecule has 1 heterocycles. The van der Waals surface area contributed by atoms with Gasteiger partial charge in [-0.05, 0) is 48.9 Å². The number of nitrogens with one attached hydrogen (secondary N) is 1. The normalized spacial score (nSPS) is 10.5. The first-order valence-corrected chi connectivity index (χ1v) is 6.55. The van der Waals surface area contributed by atoms with Crippen molar-refractivity contribution in [2.75, 3.05) is 19.0 Å². The van der Waals surface area contributed by atoms with Crippen molar-refractivity contribution in [1.82, 2.24) is 10.3 Å². The van der Waals surface area contributed by atoms with Gasteiger partial charge in [0.25, 0.3) is 0 Å². The number of benzene rings is 1. The Bertz CT molecular complexity index is 523. The molecule has 1 N–H and O–H groups in total. The Kier molecular flexibility index (Phi) is 4.53. The second-order valence-corrected chi connectivity index (χ2v) is 4.86. The van der Waals surface area contributed by atoms with E-state index in [2.05, 4.69) is 53.4 Å². The predicted octanol–water partition coefficient (Wildman–Crippen LogP) is 2.75. The van der Waals surface area contributed by atoms with Gasteiger partial charge in [-0.15, -0.1) is 0 Å². The molecule has 0 spiro atoms. The minimum atomic E-state index is 0.874. The Hall–Kier alpha value is -1.87. The van der Waals surface area contributed by atoms with Gasteiger partial charge in [-0.2, -0.15) is 0 Å². The van der Waals surface area contributed by atoms with E-state index in [1.165, 1.54) is 22.4 Å². The Labute approximate surface area is 115 Å². The molecule has 0 amide bonds. The first-order chi connectivity index (χ1) is 9.20. The van der Waals surface area contributed by atoms with Crippen LogP contribution >= 0.6 is 0 Å². The van der Waals surface area contributed by atoms with Crippen LogP contribution in [-0.2, 0) is 13.1 Å². The van der Waals surface area contributed by atoms with Crippen LogP contribution in [0.2, 0.25) is 0 Å². The molecular weight excluding hydrogens is 234 g/mol. The number of hydrogen-bond donors (Lipinski definition) is 1. The molecule has 2 aromatic rings. The lowest BCUT2D eigenvalue weighted by Crippen LogP contribution is -2.17. The Balaban J connectivity index is 2.11. The molecule has 0 unspecified atom stereocenters. The molecule has 3 nitrogen and oxygen atoms in total. The molecule has 0 aliphatic carbocycles. The molecule has 0 saturated carbocycles. The summed E-state index contributed by atoms with van der Waals surface area (Å²) in [7, 11) is 4.08. The number of pyridine rings is 1. The minimum Gasteiger partial charge on any atom is -0.370 e. The van der Waals surface area contributed by atoms with Gasteiger partial charge in [0.15, 0.2) is 0 Å². The van der Waals surface area contributed by atoms with Gasteiger partial charge in [0, 0.05) is 38.2 Å². The van der Waals surface area contributed by atoms with Gasteiger partial charge in [0.1, 0.15) is 0 Å². The van der Waals surface area contributed by atoms with Crippen LogP contribution in [0, 0.1) is 6.92 Å². The SMILES string of the molecule is CNCc1ccc(N(C)Cc2cccnc2)cc1C. The number of hydrogen-bond acceptors (Lipinski definition) is 3. The summed E-state index contributed by atoms with van der Waals surface area (Å²) in [4.78, 5) is 6.40. The summed E-state index contributed by atoms with van der Waals surface area (Å²) in [6, 6.07) is 10.7. The van der Waals surface area contributed by atoms with Crippen molar-refractivity contribution in [2.45, 2.75) is 20.0 Å². The largest absolute Gasteiger partial charge is 0.370 e. The van der Waals surface area contributed by atoms with E-state index in [0.717, 1.165) is 13.1 Å².